The van der Waals surface area contributed by atoms with E-state index in [1.54, 1.807) is 4.90 Å². The molecule has 3 rings (SSSR count). The first kappa shape index (κ1) is 12.2. The molecule has 0 aromatic heterocycles. The molecule has 2 aliphatic rings. The summed E-state index contributed by atoms with van der Waals surface area (Å²) in [5.41, 5.74) is 2.19. The molecule has 0 bridgehead atoms. The van der Waals surface area contributed by atoms with Gasteiger partial charge in [0, 0.05) is 6.54 Å². The van der Waals surface area contributed by atoms with Crippen molar-refractivity contribution < 1.29 is 4.79 Å². The molecule has 2 unspecified atom stereocenters. The predicted octanol–water partition coefficient (Wildman–Crippen LogP) is 2.12. The van der Waals surface area contributed by atoms with Crippen LogP contribution in [0.25, 0.3) is 0 Å². The second kappa shape index (κ2) is 4.71. The summed E-state index contributed by atoms with van der Waals surface area (Å²) < 4.78 is 0. The van der Waals surface area contributed by atoms with Gasteiger partial charge in [-0.15, -0.1) is 0 Å². The van der Waals surface area contributed by atoms with E-state index < -0.39 is 5.92 Å². The molecule has 19 heavy (non-hydrogen) atoms. The molecule has 1 amide bonds. The van der Waals surface area contributed by atoms with E-state index in [9.17, 15) is 10.1 Å². The summed E-state index contributed by atoms with van der Waals surface area (Å²) in [5.74, 6) is -0.729. The van der Waals surface area contributed by atoms with E-state index in [4.69, 9.17) is 0 Å². The largest absolute Gasteiger partial charge is 0.289 e. The van der Waals surface area contributed by atoms with Crippen molar-refractivity contribution in [1.29, 1.82) is 5.26 Å². The second-order valence-corrected chi connectivity index (χ2v) is 5.82. The molecule has 96 valence electrons. The molecule has 0 aliphatic carbocycles. The van der Waals surface area contributed by atoms with Crippen LogP contribution in [-0.2, 0) is 4.79 Å². The molecule has 0 spiro atoms. The zero-order valence-electron chi connectivity index (χ0n) is 10.5. The van der Waals surface area contributed by atoms with Gasteiger partial charge in [0.25, 0.3) is 0 Å². The van der Waals surface area contributed by atoms with Gasteiger partial charge in [0.2, 0.25) is 5.91 Å². The van der Waals surface area contributed by atoms with Crippen molar-refractivity contribution in [1.82, 2.24) is 4.90 Å². The highest BCUT2D eigenvalue weighted by Gasteiger charge is 2.43. The molecule has 5 heteroatoms. The van der Waals surface area contributed by atoms with E-state index in [0.717, 1.165) is 10.7 Å². The van der Waals surface area contributed by atoms with Gasteiger partial charge in [0.05, 0.1) is 17.9 Å². The fraction of sp³-hybridized carbons (Fsp3) is 0.357. The zero-order chi connectivity index (χ0) is 13.4. The van der Waals surface area contributed by atoms with Crippen LogP contribution < -0.4 is 0 Å². The Morgan fingerprint density at radius 3 is 2.84 bits per heavy atom. The lowest BCUT2D eigenvalue weighted by atomic mass is 9.97. The fourth-order valence-electron chi connectivity index (χ4n) is 2.35. The highest BCUT2D eigenvalue weighted by Crippen LogP contribution is 2.43. The van der Waals surface area contributed by atoms with E-state index in [1.807, 2.05) is 31.2 Å². The number of aryl methyl sites for hydroxylation is 1. The number of carbonyl (C=O) groups is 1. The van der Waals surface area contributed by atoms with Crippen molar-refractivity contribution >= 4 is 22.8 Å². The first-order chi connectivity index (χ1) is 9.20. The monoisotopic (exact) mass is 271 g/mol. The van der Waals surface area contributed by atoms with Gasteiger partial charge >= 0.3 is 0 Å². The number of amidine groups is 1. The van der Waals surface area contributed by atoms with Gasteiger partial charge in [0.1, 0.15) is 5.92 Å². The Hall–Kier alpha value is -1.80. The van der Waals surface area contributed by atoms with Crippen molar-refractivity contribution in [3.05, 3.63) is 35.4 Å². The number of hydrogen-bond acceptors (Lipinski definition) is 4. The lowest BCUT2D eigenvalue weighted by Crippen LogP contribution is -2.43. The highest BCUT2D eigenvalue weighted by atomic mass is 32.2. The normalized spacial score (nSPS) is 25.8. The van der Waals surface area contributed by atoms with Crippen molar-refractivity contribution in [2.75, 3.05) is 13.1 Å². The third-order valence-corrected chi connectivity index (χ3v) is 4.77. The average molecular weight is 271 g/mol. The van der Waals surface area contributed by atoms with Crippen LogP contribution in [0.3, 0.4) is 0 Å². The lowest BCUT2D eigenvalue weighted by molar-refractivity contribution is -0.129. The van der Waals surface area contributed by atoms with Crippen LogP contribution in [0, 0.1) is 24.2 Å². The van der Waals surface area contributed by atoms with Gasteiger partial charge in [-0.25, -0.2) is 0 Å². The number of nitrogens with zero attached hydrogens (tertiary/aromatic N) is 3. The first-order valence-corrected chi connectivity index (χ1v) is 7.07. The summed E-state index contributed by atoms with van der Waals surface area (Å²) in [6, 6.07) is 10.2. The van der Waals surface area contributed by atoms with E-state index in [-0.39, 0.29) is 11.2 Å². The molecule has 1 fully saturated rings. The Bertz CT molecular complexity index is 588. The van der Waals surface area contributed by atoms with Gasteiger partial charge < -0.3 is 0 Å². The summed E-state index contributed by atoms with van der Waals surface area (Å²) in [6.45, 7) is 3.28. The van der Waals surface area contributed by atoms with Crippen molar-refractivity contribution in [2.24, 2.45) is 10.9 Å². The maximum atomic E-state index is 12.3. The van der Waals surface area contributed by atoms with E-state index in [1.165, 1.54) is 17.3 Å². The van der Waals surface area contributed by atoms with Gasteiger partial charge in [-0.3, -0.25) is 14.7 Å². The predicted molar refractivity (Wildman–Crippen MR) is 74.6 cm³/mol. The smallest absolute Gasteiger partial charge is 0.247 e. The Labute approximate surface area is 116 Å². The lowest BCUT2D eigenvalue weighted by Gasteiger charge is -2.32. The fourth-order valence-corrected chi connectivity index (χ4v) is 3.66. The number of thioether (sulfide) groups is 1. The number of hydrogen-bond donors (Lipinski definition) is 0. The van der Waals surface area contributed by atoms with Gasteiger partial charge in [-0.2, -0.15) is 5.26 Å². The molecule has 1 aromatic rings. The van der Waals surface area contributed by atoms with E-state index in [2.05, 4.69) is 11.1 Å². The molecule has 1 saturated heterocycles. The summed E-state index contributed by atoms with van der Waals surface area (Å²) in [6.07, 6.45) is 0. The zero-order valence-corrected chi connectivity index (χ0v) is 11.4. The minimum Gasteiger partial charge on any atom is -0.289 e. The number of fused-ring (bicyclic) bond motifs is 1. The standard InChI is InChI=1S/C14H13N3OS/c1-9-2-4-10(5-3-9)12-11(8-15)13(18)17-7-6-16-14(17)19-12/h2-5,11-12H,6-7H2,1H3. The van der Waals surface area contributed by atoms with E-state index in [0.29, 0.717) is 13.1 Å². The minimum absolute atomic E-state index is 0.108. The van der Waals surface area contributed by atoms with Crippen molar-refractivity contribution in [3.8, 4) is 6.07 Å². The van der Waals surface area contributed by atoms with Gasteiger partial charge in [-0.1, -0.05) is 41.6 Å². The molecule has 0 N–H and O–H groups in total. The molecule has 1 aromatic carbocycles. The maximum Gasteiger partial charge on any atom is 0.247 e. The Balaban J connectivity index is 1.97. The van der Waals surface area contributed by atoms with E-state index >= 15 is 0 Å². The Morgan fingerprint density at radius 2 is 2.16 bits per heavy atom. The number of amides is 1. The minimum atomic E-state index is -0.621. The van der Waals surface area contributed by atoms with Crippen LogP contribution in [0.15, 0.2) is 29.3 Å². The van der Waals surface area contributed by atoms with Gasteiger partial charge in [0.15, 0.2) is 5.17 Å². The number of nitriles is 1. The van der Waals surface area contributed by atoms with Crippen LogP contribution in [0.4, 0.5) is 0 Å². The van der Waals surface area contributed by atoms with Crippen LogP contribution in [0.1, 0.15) is 16.4 Å². The molecule has 4 nitrogen and oxygen atoms in total. The molecular formula is C14H13N3OS. The van der Waals surface area contributed by atoms with Crippen molar-refractivity contribution in [2.45, 2.75) is 12.2 Å². The van der Waals surface area contributed by atoms with Crippen LogP contribution >= 0.6 is 11.8 Å². The van der Waals surface area contributed by atoms with Crippen molar-refractivity contribution in [3.63, 3.8) is 0 Å². The third kappa shape index (κ3) is 2.02. The van der Waals surface area contributed by atoms with Crippen LogP contribution in [0.5, 0.6) is 0 Å². The summed E-state index contributed by atoms with van der Waals surface area (Å²) in [7, 11) is 0. The molecule has 0 saturated carbocycles. The topological polar surface area (TPSA) is 56.5 Å². The number of rotatable bonds is 1. The Kier molecular flexibility index (Phi) is 3.03. The summed E-state index contributed by atoms with van der Waals surface area (Å²) in [4.78, 5) is 18.3. The van der Waals surface area contributed by atoms with Crippen LogP contribution in [0.2, 0.25) is 0 Å². The molecule has 2 atom stereocenters. The summed E-state index contributed by atoms with van der Waals surface area (Å²) in [5, 5.41) is 9.94. The number of aliphatic imine (C=N–C) groups is 1. The molecule has 0 radical (unpaired) electrons. The quantitative estimate of drug-likeness (QED) is 0.786. The molecule has 2 aliphatic heterocycles. The average Bonchev–Trinajstić information content (AvgIpc) is 2.88. The first-order valence-electron chi connectivity index (χ1n) is 6.19. The third-order valence-electron chi connectivity index (χ3n) is 3.41. The highest BCUT2D eigenvalue weighted by molar-refractivity contribution is 8.14. The van der Waals surface area contributed by atoms with Gasteiger partial charge in [-0.05, 0) is 12.5 Å². The second-order valence-electron chi connectivity index (χ2n) is 4.71. The number of carbonyl (C=O) groups excluding carboxylic acids is 1. The number of benzene rings is 1. The molecule has 2 heterocycles. The Morgan fingerprint density at radius 1 is 1.42 bits per heavy atom. The summed E-state index contributed by atoms with van der Waals surface area (Å²) >= 11 is 1.53. The van der Waals surface area contributed by atoms with Crippen LogP contribution in [-0.4, -0.2) is 29.1 Å². The molecular weight excluding hydrogens is 258 g/mol. The maximum absolute atomic E-state index is 12.3. The SMILES string of the molecule is Cc1ccc(C2SC3=NCCN3C(=O)C2C#N)cc1.